The van der Waals surface area contributed by atoms with Crippen molar-refractivity contribution in [1.29, 1.82) is 0 Å². The van der Waals surface area contributed by atoms with Gasteiger partial charge in [-0.1, -0.05) is 12.1 Å². The molecule has 0 saturated heterocycles. The largest absolute Gasteiger partial charge is 0.491 e. The third-order valence-corrected chi connectivity index (χ3v) is 2.20. The average Bonchev–Trinajstić information content (AvgIpc) is 2.49. The van der Waals surface area contributed by atoms with Crippen LogP contribution in [0.2, 0.25) is 0 Å². The number of rotatable bonds is 1. The molecule has 1 heterocycles. The van der Waals surface area contributed by atoms with Gasteiger partial charge in [0.05, 0.1) is 6.61 Å². The molecule has 0 atom stereocenters. The maximum absolute atomic E-state index is 13.1. The maximum atomic E-state index is 13.1. The van der Waals surface area contributed by atoms with Crippen LogP contribution in [0, 0.1) is 12.7 Å². The van der Waals surface area contributed by atoms with E-state index in [1.54, 1.807) is 6.08 Å². The van der Waals surface area contributed by atoms with Crippen LogP contribution in [0.1, 0.15) is 11.1 Å². The Bertz CT molecular complexity index is 369. The summed E-state index contributed by atoms with van der Waals surface area (Å²) in [6, 6.07) is 4.68. The summed E-state index contributed by atoms with van der Waals surface area (Å²) in [7, 11) is -0.920. The molecule has 0 unspecified atom stereocenters. The highest BCUT2D eigenvalue weighted by Crippen LogP contribution is 2.23. The van der Waals surface area contributed by atoms with Crippen LogP contribution in [0.15, 0.2) is 24.3 Å². The molecule has 0 spiro atoms. The minimum absolute atomic E-state index is 0.292. The quantitative estimate of drug-likeness (QED) is 0.684. The van der Waals surface area contributed by atoms with Crippen LogP contribution in [0.4, 0.5) is 4.39 Å². The normalized spacial score (nSPS) is 15.9. The standard InChI is InChI=1S/C10H10BFO2/c1-7-4-8(6-9(12)5-7)10-2-3-14-11(10)13/h2,4-6,13H,3H2,1H3. The molecule has 2 rings (SSSR count). The highest BCUT2D eigenvalue weighted by Gasteiger charge is 2.25. The predicted molar refractivity (Wildman–Crippen MR) is 53.0 cm³/mol. The van der Waals surface area contributed by atoms with Gasteiger partial charge in [0.15, 0.2) is 0 Å². The van der Waals surface area contributed by atoms with E-state index in [2.05, 4.69) is 0 Å². The molecule has 4 heteroatoms. The fourth-order valence-electron chi connectivity index (χ4n) is 1.58. The van der Waals surface area contributed by atoms with E-state index in [0.29, 0.717) is 17.6 Å². The number of hydrogen-bond acceptors (Lipinski definition) is 2. The van der Waals surface area contributed by atoms with Crippen molar-refractivity contribution in [3.05, 3.63) is 41.2 Å². The van der Waals surface area contributed by atoms with E-state index < -0.39 is 7.12 Å². The van der Waals surface area contributed by atoms with Crippen molar-refractivity contribution >= 4 is 12.6 Å². The van der Waals surface area contributed by atoms with E-state index in [-0.39, 0.29) is 5.82 Å². The van der Waals surface area contributed by atoms with E-state index in [0.717, 1.165) is 5.56 Å². The molecule has 0 fully saturated rings. The summed E-state index contributed by atoms with van der Waals surface area (Å²) in [4.78, 5) is 0. The minimum Gasteiger partial charge on any atom is -0.423 e. The molecule has 0 radical (unpaired) electrons. The summed E-state index contributed by atoms with van der Waals surface area (Å²) in [6.45, 7) is 2.20. The number of benzene rings is 1. The zero-order chi connectivity index (χ0) is 10.1. The monoisotopic (exact) mass is 192 g/mol. The molecule has 2 nitrogen and oxygen atoms in total. The summed E-state index contributed by atoms with van der Waals surface area (Å²) >= 11 is 0. The van der Waals surface area contributed by atoms with Crippen LogP contribution >= 0.6 is 0 Å². The van der Waals surface area contributed by atoms with Gasteiger partial charge in [-0.05, 0) is 35.7 Å². The van der Waals surface area contributed by atoms with Crippen LogP contribution in [0.25, 0.3) is 5.47 Å². The lowest BCUT2D eigenvalue weighted by Gasteiger charge is -2.05. The Hall–Kier alpha value is -1.13. The van der Waals surface area contributed by atoms with Gasteiger partial charge in [-0.3, -0.25) is 0 Å². The third-order valence-electron chi connectivity index (χ3n) is 2.20. The summed E-state index contributed by atoms with van der Waals surface area (Å²) in [5.74, 6) is -0.292. The van der Waals surface area contributed by atoms with E-state index >= 15 is 0 Å². The molecule has 1 aromatic carbocycles. The Morgan fingerprint density at radius 2 is 2.21 bits per heavy atom. The zero-order valence-corrected chi connectivity index (χ0v) is 7.83. The fourth-order valence-corrected chi connectivity index (χ4v) is 1.58. The van der Waals surface area contributed by atoms with Gasteiger partial charge in [0.2, 0.25) is 0 Å². The molecule has 0 saturated carbocycles. The molecule has 14 heavy (non-hydrogen) atoms. The van der Waals surface area contributed by atoms with E-state index in [9.17, 15) is 9.41 Å². The Kier molecular flexibility index (Phi) is 2.39. The highest BCUT2D eigenvalue weighted by atomic mass is 19.1. The van der Waals surface area contributed by atoms with Gasteiger partial charge in [-0.2, -0.15) is 0 Å². The fraction of sp³-hybridized carbons (Fsp3) is 0.200. The van der Waals surface area contributed by atoms with Gasteiger partial charge < -0.3 is 9.68 Å². The topological polar surface area (TPSA) is 29.5 Å². The average molecular weight is 192 g/mol. The molecule has 0 bridgehead atoms. The molecule has 0 amide bonds. The summed E-state index contributed by atoms with van der Waals surface area (Å²) in [5.41, 5.74) is 2.17. The van der Waals surface area contributed by atoms with Gasteiger partial charge in [0.1, 0.15) is 5.82 Å². The van der Waals surface area contributed by atoms with Crippen molar-refractivity contribution in [3.63, 3.8) is 0 Å². The van der Waals surface area contributed by atoms with Crippen molar-refractivity contribution in [3.8, 4) is 0 Å². The van der Waals surface area contributed by atoms with Gasteiger partial charge >= 0.3 is 7.12 Å². The van der Waals surface area contributed by atoms with Gasteiger partial charge in [0.25, 0.3) is 0 Å². The lowest BCUT2D eigenvalue weighted by Crippen LogP contribution is -2.14. The second-order valence-electron chi connectivity index (χ2n) is 3.36. The van der Waals surface area contributed by atoms with Crippen LogP contribution in [0.5, 0.6) is 0 Å². The van der Waals surface area contributed by atoms with E-state index in [1.165, 1.54) is 12.1 Å². The minimum atomic E-state index is -0.920. The SMILES string of the molecule is Cc1cc(F)cc(C2=CCOB2O)c1. The second-order valence-corrected chi connectivity index (χ2v) is 3.36. The summed E-state index contributed by atoms with van der Waals surface area (Å²) in [6.07, 6.45) is 1.76. The van der Waals surface area contributed by atoms with Crippen LogP contribution in [0.3, 0.4) is 0 Å². The Morgan fingerprint density at radius 3 is 2.79 bits per heavy atom. The first kappa shape index (κ1) is 9.43. The van der Waals surface area contributed by atoms with Crippen LogP contribution < -0.4 is 0 Å². The lowest BCUT2D eigenvalue weighted by atomic mass is 9.76. The molecular weight excluding hydrogens is 182 g/mol. The number of aryl methyl sites for hydroxylation is 1. The molecule has 1 N–H and O–H groups in total. The van der Waals surface area contributed by atoms with Gasteiger partial charge in [-0.15, -0.1) is 0 Å². The molecular formula is C10H10BFO2. The first-order chi connectivity index (χ1) is 6.66. The first-order valence-corrected chi connectivity index (χ1v) is 4.44. The van der Waals surface area contributed by atoms with E-state index in [1.807, 2.05) is 13.0 Å². The maximum Gasteiger partial charge on any atom is 0.491 e. The molecule has 1 aromatic rings. The molecule has 0 aromatic heterocycles. The van der Waals surface area contributed by atoms with E-state index in [4.69, 9.17) is 4.65 Å². The summed E-state index contributed by atoms with van der Waals surface area (Å²) in [5, 5.41) is 9.41. The zero-order valence-electron chi connectivity index (χ0n) is 7.83. The van der Waals surface area contributed by atoms with Crippen molar-refractivity contribution in [2.75, 3.05) is 6.61 Å². The highest BCUT2D eigenvalue weighted by molar-refractivity contribution is 6.67. The Balaban J connectivity index is 2.41. The lowest BCUT2D eigenvalue weighted by molar-refractivity contribution is 0.316. The van der Waals surface area contributed by atoms with Gasteiger partial charge in [-0.25, -0.2) is 4.39 Å². The van der Waals surface area contributed by atoms with Crippen molar-refractivity contribution in [2.24, 2.45) is 0 Å². The smallest absolute Gasteiger partial charge is 0.423 e. The molecule has 1 aliphatic heterocycles. The van der Waals surface area contributed by atoms with Crippen molar-refractivity contribution in [1.82, 2.24) is 0 Å². The van der Waals surface area contributed by atoms with Crippen LogP contribution in [-0.4, -0.2) is 18.7 Å². The predicted octanol–water partition coefficient (Wildman–Crippen LogP) is 1.57. The first-order valence-electron chi connectivity index (χ1n) is 4.44. The third kappa shape index (κ3) is 1.71. The Morgan fingerprint density at radius 1 is 1.43 bits per heavy atom. The van der Waals surface area contributed by atoms with Gasteiger partial charge in [0, 0.05) is 0 Å². The number of hydrogen-bond donors (Lipinski definition) is 1. The molecule has 0 aliphatic carbocycles. The van der Waals surface area contributed by atoms with Crippen molar-refractivity contribution < 1.29 is 14.1 Å². The number of halogens is 1. The second kappa shape index (κ2) is 3.56. The van der Waals surface area contributed by atoms with Crippen molar-refractivity contribution in [2.45, 2.75) is 6.92 Å². The molecule has 72 valence electrons. The summed E-state index contributed by atoms with van der Waals surface area (Å²) < 4.78 is 18.0. The molecule has 1 aliphatic rings. The van der Waals surface area contributed by atoms with Crippen LogP contribution in [-0.2, 0) is 4.65 Å². The Labute approximate surface area is 82.2 Å².